The van der Waals surface area contributed by atoms with Gasteiger partial charge in [0.25, 0.3) is 0 Å². The molecular formula is C15H22N2O3. The van der Waals surface area contributed by atoms with Gasteiger partial charge < -0.3 is 16.2 Å². The van der Waals surface area contributed by atoms with Gasteiger partial charge in [-0.25, -0.2) is 0 Å². The molecule has 0 aliphatic rings. The van der Waals surface area contributed by atoms with Crippen LogP contribution in [0, 0.1) is 0 Å². The molecule has 1 aromatic rings. The molecule has 0 aliphatic carbocycles. The fourth-order valence-electron chi connectivity index (χ4n) is 1.86. The van der Waals surface area contributed by atoms with Crippen LogP contribution < -0.4 is 11.1 Å². The number of carbonyl (C=O) groups excluding carboxylic acids is 1. The van der Waals surface area contributed by atoms with Crippen LogP contribution in [0.4, 0.5) is 0 Å². The van der Waals surface area contributed by atoms with Crippen LogP contribution in [0.1, 0.15) is 31.7 Å². The molecule has 0 aromatic heterocycles. The van der Waals surface area contributed by atoms with E-state index in [1.807, 2.05) is 30.3 Å². The summed E-state index contributed by atoms with van der Waals surface area (Å²) in [5.41, 5.74) is 6.99. The fourth-order valence-corrected chi connectivity index (χ4v) is 1.86. The van der Waals surface area contributed by atoms with E-state index in [-0.39, 0.29) is 18.4 Å². The van der Waals surface area contributed by atoms with E-state index in [4.69, 9.17) is 10.8 Å². The average molecular weight is 278 g/mol. The maximum absolute atomic E-state index is 11.8. The highest BCUT2D eigenvalue weighted by Gasteiger charge is 2.16. The Bertz CT molecular complexity index is 434. The third-order valence-electron chi connectivity index (χ3n) is 3.10. The van der Waals surface area contributed by atoms with Gasteiger partial charge in [0, 0.05) is 12.5 Å². The third kappa shape index (κ3) is 6.33. The van der Waals surface area contributed by atoms with Crippen molar-refractivity contribution in [1.82, 2.24) is 5.32 Å². The number of rotatable bonds is 8. The smallest absolute Gasteiger partial charge is 0.303 e. The molecule has 0 saturated carbocycles. The molecular weight excluding hydrogens is 256 g/mol. The number of hydrogen-bond acceptors (Lipinski definition) is 3. The molecule has 0 bridgehead atoms. The lowest BCUT2D eigenvalue weighted by Crippen LogP contribution is -2.44. The van der Waals surface area contributed by atoms with Gasteiger partial charge in [-0.2, -0.15) is 0 Å². The van der Waals surface area contributed by atoms with E-state index >= 15 is 0 Å². The molecule has 0 spiro atoms. The largest absolute Gasteiger partial charge is 0.481 e. The van der Waals surface area contributed by atoms with Crippen molar-refractivity contribution in [1.29, 1.82) is 0 Å². The van der Waals surface area contributed by atoms with Crippen molar-refractivity contribution >= 4 is 11.9 Å². The second-order valence-electron chi connectivity index (χ2n) is 4.97. The summed E-state index contributed by atoms with van der Waals surface area (Å²) in [6, 6.07) is 9.11. The van der Waals surface area contributed by atoms with Crippen molar-refractivity contribution < 1.29 is 14.7 Å². The minimum atomic E-state index is -0.862. The number of carbonyl (C=O) groups is 2. The lowest BCUT2D eigenvalue weighted by atomic mass is 10.0. The van der Waals surface area contributed by atoms with Crippen LogP contribution in [0.5, 0.6) is 0 Å². The Labute approximate surface area is 119 Å². The maximum atomic E-state index is 11.8. The summed E-state index contributed by atoms with van der Waals surface area (Å²) in [6.45, 7) is 1.78. The molecule has 0 heterocycles. The average Bonchev–Trinajstić information content (AvgIpc) is 2.43. The SMILES string of the molecule is CC(CCC(=O)O)NC(=O)C(N)CCc1ccccc1. The molecule has 20 heavy (non-hydrogen) atoms. The molecule has 2 unspecified atom stereocenters. The van der Waals surface area contributed by atoms with Crippen molar-refractivity contribution in [2.75, 3.05) is 0 Å². The van der Waals surface area contributed by atoms with Crippen molar-refractivity contribution in [2.45, 2.75) is 44.7 Å². The standard InChI is InChI=1S/C15H22N2O3/c1-11(7-10-14(18)19)17-15(20)13(16)9-8-12-5-3-2-4-6-12/h2-6,11,13H,7-10,16H2,1H3,(H,17,20)(H,18,19). The van der Waals surface area contributed by atoms with Crippen LogP contribution >= 0.6 is 0 Å². The summed E-state index contributed by atoms with van der Waals surface area (Å²) >= 11 is 0. The van der Waals surface area contributed by atoms with Crippen LogP contribution in [-0.2, 0) is 16.0 Å². The van der Waals surface area contributed by atoms with Crippen LogP contribution in [0.2, 0.25) is 0 Å². The summed E-state index contributed by atoms with van der Waals surface area (Å²) in [6.07, 6.45) is 1.77. The molecule has 5 heteroatoms. The van der Waals surface area contributed by atoms with Gasteiger partial charge in [0.1, 0.15) is 0 Å². The highest BCUT2D eigenvalue weighted by Crippen LogP contribution is 2.05. The van der Waals surface area contributed by atoms with E-state index in [0.717, 1.165) is 12.0 Å². The molecule has 0 aliphatic heterocycles. The molecule has 0 radical (unpaired) electrons. The number of nitrogens with two attached hydrogens (primary N) is 1. The van der Waals surface area contributed by atoms with Gasteiger partial charge >= 0.3 is 5.97 Å². The summed E-state index contributed by atoms with van der Waals surface area (Å²) in [5, 5.41) is 11.3. The zero-order valence-corrected chi connectivity index (χ0v) is 11.7. The van der Waals surface area contributed by atoms with Gasteiger partial charge in [-0.05, 0) is 31.7 Å². The number of aryl methyl sites for hydroxylation is 1. The van der Waals surface area contributed by atoms with Crippen LogP contribution in [0.15, 0.2) is 30.3 Å². The maximum Gasteiger partial charge on any atom is 0.303 e. The Morgan fingerprint density at radius 3 is 2.50 bits per heavy atom. The van der Waals surface area contributed by atoms with Crippen molar-refractivity contribution in [3.8, 4) is 0 Å². The zero-order valence-electron chi connectivity index (χ0n) is 11.7. The Morgan fingerprint density at radius 2 is 1.90 bits per heavy atom. The first kappa shape index (κ1) is 16.2. The Morgan fingerprint density at radius 1 is 1.25 bits per heavy atom. The van der Waals surface area contributed by atoms with Crippen molar-refractivity contribution in [3.05, 3.63) is 35.9 Å². The van der Waals surface area contributed by atoms with E-state index in [0.29, 0.717) is 12.8 Å². The summed E-state index contributed by atoms with van der Waals surface area (Å²) < 4.78 is 0. The lowest BCUT2D eigenvalue weighted by Gasteiger charge is -2.17. The van der Waals surface area contributed by atoms with Gasteiger partial charge in [-0.1, -0.05) is 30.3 Å². The number of carboxylic acids is 1. The first-order chi connectivity index (χ1) is 9.49. The molecule has 0 saturated heterocycles. The van der Waals surface area contributed by atoms with Gasteiger partial charge in [0.05, 0.1) is 6.04 Å². The van der Waals surface area contributed by atoms with E-state index in [1.54, 1.807) is 6.92 Å². The summed E-state index contributed by atoms with van der Waals surface area (Å²) in [5.74, 6) is -1.08. The van der Waals surface area contributed by atoms with Crippen LogP contribution in [-0.4, -0.2) is 29.1 Å². The number of carboxylic acid groups (broad SMARTS) is 1. The molecule has 1 amide bonds. The minimum absolute atomic E-state index is 0.0424. The number of nitrogens with one attached hydrogen (secondary N) is 1. The quantitative estimate of drug-likeness (QED) is 0.668. The first-order valence-corrected chi connectivity index (χ1v) is 6.80. The van der Waals surface area contributed by atoms with Gasteiger partial charge in [-0.15, -0.1) is 0 Å². The van der Waals surface area contributed by atoms with E-state index in [9.17, 15) is 9.59 Å². The minimum Gasteiger partial charge on any atom is -0.481 e. The molecule has 5 nitrogen and oxygen atoms in total. The van der Waals surface area contributed by atoms with Gasteiger partial charge in [0.2, 0.25) is 5.91 Å². The predicted molar refractivity (Wildman–Crippen MR) is 77.2 cm³/mol. The molecule has 2 atom stereocenters. The molecule has 1 rings (SSSR count). The second kappa shape index (κ2) is 8.32. The fraction of sp³-hybridized carbons (Fsp3) is 0.467. The zero-order chi connectivity index (χ0) is 15.0. The van der Waals surface area contributed by atoms with E-state index < -0.39 is 12.0 Å². The Balaban J connectivity index is 2.30. The van der Waals surface area contributed by atoms with Crippen LogP contribution in [0.3, 0.4) is 0 Å². The normalized spacial score (nSPS) is 13.5. The van der Waals surface area contributed by atoms with E-state index in [1.165, 1.54) is 0 Å². The number of hydrogen-bond donors (Lipinski definition) is 3. The molecule has 4 N–H and O–H groups in total. The molecule has 110 valence electrons. The number of aliphatic carboxylic acids is 1. The summed E-state index contributed by atoms with van der Waals surface area (Å²) in [7, 11) is 0. The van der Waals surface area contributed by atoms with Crippen molar-refractivity contribution in [2.24, 2.45) is 5.73 Å². The lowest BCUT2D eigenvalue weighted by molar-refractivity contribution is -0.137. The second-order valence-corrected chi connectivity index (χ2v) is 4.97. The monoisotopic (exact) mass is 278 g/mol. The number of amides is 1. The Hall–Kier alpha value is -1.88. The van der Waals surface area contributed by atoms with Crippen molar-refractivity contribution in [3.63, 3.8) is 0 Å². The predicted octanol–water partition coefficient (Wildman–Crippen LogP) is 1.32. The highest BCUT2D eigenvalue weighted by molar-refractivity contribution is 5.81. The topological polar surface area (TPSA) is 92.4 Å². The van der Waals surface area contributed by atoms with E-state index in [2.05, 4.69) is 5.32 Å². The van der Waals surface area contributed by atoms with Gasteiger partial charge in [0.15, 0.2) is 0 Å². The number of benzene rings is 1. The Kier molecular flexibility index (Phi) is 6.73. The highest BCUT2D eigenvalue weighted by atomic mass is 16.4. The van der Waals surface area contributed by atoms with Crippen LogP contribution in [0.25, 0.3) is 0 Å². The third-order valence-corrected chi connectivity index (χ3v) is 3.10. The molecule has 1 aromatic carbocycles. The van der Waals surface area contributed by atoms with Gasteiger partial charge in [-0.3, -0.25) is 9.59 Å². The summed E-state index contributed by atoms with van der Waals surface area (Å²) in [4.78, 5) is 22.3. The molecule has 0 fully saturated rings. The first-order valence-electron chi connectivity index (χ1n) is 6.80.